The molecule has 0 aliphatic rings. The normalized spacial score (nSPS) is 12.3. The summed E-state index contributed by atoms with van der Waals surface area (Å²) in [5.41, 5.74) is -3.44. The van der Waals surface area contributed by atoms with E-state index in [0.717, 1.165) is 12.5 Å². The molecule has 2 rings (SSSR count). The predicted octanol–water partition coefficient (Wildman–Crippen LogP) is 4.37. The molecule has 0 aliphatic heterocycles. The van der Waals surface area contributed by atoms with Crippen LogP contribution in [0.15, 0.2) is 41.8 Å². The number of thiophene rings is 1. The van der Waals surface area contributed by atoms with Crippen LogP contribution in [-0.4, -0.2) is 13.1 Å². The molecule has 1 aromatic carbocycles. The summed E-state index contributed by atoms with van der Waals surface area (Å²) in [6.07, 6.45) is 0. The number of hydrogen-bond donors (Lipinski definition) is 0. The second kappa shape index (κ2) is 5.05. The van der Waals surface area contributed by atoms with Gasteiger partial charge in [-0.25, -0.2) is 4.79 Å². The number of ether oxygens (including phenoxy) is 1. The maximum absolute atomic E-state index is 12.9. The highest BCUT2D eigenvalue weighted by Crippen LogP contribution is 2.48. The first-order valence-electron chi connectivity index (χ1n) is 5.30. The second-order valence-corrected chi connectivity index (χ2v) is 5.54. The van der Waals surface area contributed by atoms with Crippen LogP contribution in [-0.2, 0) is 10.2 Å². The highest BCUT2D eigenvalue weighted by molar-refractivity contribution is 7.32. The molecule has 0 radical (unpaired) electrons. The van der Waals surface area contributed by atoms with E-state index < -0.39 is 21.9 Å². The molecular formula is C13H10F3O2S+. The molecule has 2 nitrogen and oxygen atoms in total. The van der Waals surface area contributed by atoms with Gasteiger partial charge in [0.1, 0.15) is 10.5 Å². The number of hydrogen-bond acceptors (Lipinski definition) is 2. The van der Waals surface area contributed by atoms with E-state index in [-0.39, 0.29) is 4.88 Å². The van der Waals surface area contributed by atoms with Crippen LogP contribution in [0.1, 0.15) is 9.67 Å². The van der Waals surface area contributed by atoms with Crippen LogP contribution in [0.25, 0.3) is 11.1 Å². The number of alkyl halides is 3. The topological polar surface area (TPSA) is 26.3 Å². The van der Waals surface area contributed by atoms with E-state index in [1.165, 1.54) is 6.07 Å². The maximum atomic E-state index is 12.9. The lowest BCUT2D eigenvalue weighted by Crippen LogP contribution is -2.04. The zero-order valence-corrected chi connectivity index (χ0v) is 10.7. The SMILES string of the molecule is COC(=O)c1cc(-c2ccccc2)c[s+]1C(F)(F)F. The Morgan fingerprint density at radius 3 is 2.32 bits per heavy atom. The van der Waals surface area contributed by atoms with Crippen molar-refractivity contribution in [2.75, 3.05) is 7.11 Å². The predicted molar refractivity (Wildman–Crippen MR) is 67.0 cm³/mol. The molecule has 100 valence electrons. The van der Waals surface area contributed by atoms with E-state index >= 15 is 0 Å². The van der Waals surface area contributed by atoms with E-state index in [9.17, 15) is 18.0 Å². The van der Waals surface area contributed by atoms with Crippen LogP contribution in [0.5, 0.6) is 0 Å². The minimum absolute atomic E-state index is 0.353. The fourth-order valence-corrected chi connectivity index (χ4v) is 3.14. The highest BCUT2D eigenvalue weighted by atomic mass is 32.2. The van der Waals surface area contributed by atoms with Gasteiger partial charge in [-0.1, -0.05) is 30.3 Å². The van der Waals surface area contributed by atoms with Gasteiger partial charge in [0.15, 0.2) is 5.38 Å². The molecule has 0 bridgehead atoms. The van der Waals surface area contributed by atoms with Gasteiger partial charge in [-0.2, -0.15) is 0 Å². The second-order valence-electron chi connectivity index (χ2n) is 3.72. The van der Waals surface area contributed by atoms with Gasteiger partial charge in [-0.3, -0.25) is 0 Å². The molecule has 6 heteroatoms. The van der Waals surface area contributed by atoms with E-state index in [2.05, 4.69) is 4.74 Å². The van der Waals surface area contributed by atoms with Crippen LogP contribution in [0.3, 0.4) is 0 Å². The van der Waals surface area contributed by atoms with Crippen molar-refractivity contribution in [3.63, 3.8) is 0 Å². The number of rotatable bonds is 2. The molecule has 0 amide bonds. The summed E-state index contributed by atoms with van der Waals surface area (Å²) in [7, 11) is -1.15. The summed E-state index contributed by atoms with van der Waals surface area (Å²) in [4.78, 5) is 11.1. The molecule has 1 atom stereocenters. The smallest absolute Gasteiger partial charge is 0.462 e. The van der Waals surface area contributed by atoms with Crippen molar-refractivity contribution >= 4 is 16.4 Å². The molecule has 2 aromatic rings. The molecule has 0 saturated heterocycles. The van der Waals surface area contributed by atoms with Crippen molar-refractivity contribution in [2.24, 2.45) is 0 Å². The van der Waals surface area contributed by atoms with Crippen LogP contribution < -0.4 is 0 Å². The summed E-state index contributed by atoms with van der Waals surface area (Å²) < 4.78 is 43.2. The third kappa shape index (κ3) is 2.78. The Morgan fingerprint density at radius 1 is 1.16 bits per heavy atom. The summed E-state index contributed by atoms with van der Waals surface area (Å²) in [6.45, 7) is 0. The third-order valence-corrected chi connectivity index (χ3v) is 4.26. The van der Waals surface area contributed by atoms with Crippen molar-refractivity contribution < 1.29 is 22.7 Å². The first kappa shape index (κ1) is 13.6. The van der Waals surface area contributed by atoms with Crippen LogP contribution >= 0.6 is 10.5 Å². The van der Waals surface area contributed by atoms with Gasteiger partial charge >= 0.3 is 11.5 Å². The minimum atomic E-state index is -4.48. The van der Waals surface area contributed by atoms with Crippen LogP contribution in [0.4, 0.5) is 13.2 Å². The van der Waals surface area contributed by atoms with Gasteiger partial charge in [0.2, 0.25) is 0 Å². The standard InChI is InChI=1S/C13H10F3O2S/c1-18-12(17)11-7-10(8-19(11)13(14,15)16)9-5-3-2-4-6-9/h2-8H,1H3/q+1. The summed E-state index contributed by atoms with van der Waals surface area (Å²) in [5.74, 6) is -0.942. The summed E-state index contributed by atoms with van der Waals surface area (Å²) >= 11 is 0. The van der Waals surface area contributed by atoms with Crippen molar-refractivity contribution in [1.82, 2.24) is 0 Å². The Kier molecular flexibility index (Phi) is 3.61. The molecule has 19 heavy (non-hydrogen) atoms. The Hall–Kier alpha value is -1.82. The fourth-order valence-electron chi connectivity index (χ4n) is 1.65. The van der Waals surface area contributed by atoms with E-state index in [4.69, 9.17) is 0 Å². The number of halogens is 3. The molecule has 1 aromatic heterocycles. The average Bonchev–Trinajstić information content (AvgIpc) is 2.84. The number of carbonyl (C=O) groups excluding carboxylic acids is 1. The van der Waals surface area contributed by atoms with Crippen molar-refractivity contribution in [1.29, 1.82) is 0 Å². The van der Waals surface area contributed by atoms with Crippen molar-refractivity contribution in [2.45, 2.75) is 5.51 Å². The fraction of sp³-hybridized carbons (Fsp3) is 0.154. The number of carbonyl (C=O) groups is 1. The molecule has 0 spiro atoms. The van der Waals surface area contributed by atoms with Crippen molar-refractivity contribution in [3.05, 3.63) is 46.7 Å². The quantitative estimate of drug-likeness (QED) is 0.605. The molecule has 0 N–H and O–H groups in total. The molecule has 0 fully saturated rings. The Morgan fingerprint density at radius 2 is 1.79 bits per heavy atom. The van der Waals surface area contributed by atoms with Crippen molar-refractivity contribution in [3.8, 4) is 11.1 Å². The number of esters is 1. The highest BCUT2D eigenvalue weighted by Gasteiger charge is 2.48. The Bertz CT molecular complexity index is 588. The van der Waals surface area contributed by atoms with Gasteiger partial charge in [0.25, 0.3) is 4.88 Å². The Labute approximate surface area is 110 Å². The molecular weight excluding hydrogens is 277 g/mol. The summed E-state index contributed by atoms with van der Waals surface area (Å²) in [5, 5.41) is 1.07. The van der Waals surface area contributed by atoms with E-state index in [1.54, 1.807) is 30.3 Å². The largest absolute Gasteiger partial charge is 0.600 e. The molecule has 0 saturated carbocycles. The van der Waals surface area contributed by atoms with E-state index in [1.807, 2.05) is 0 Å². The minimum Gasteiger partial charge on any atom is -0.462 e. The maximum Gasteiger partial charge on any atom is 0.600 e. The van der Waals surface area contributed by atoms with Gasteiger partial charge in [-0.15, -0.1) is 13.2 Å². The van der Waals surface area contributed by atoms with Crippen LogP contribution in [0, 0.1) is 0 Å². The molecule has 1 unspecified atom stereocenters. The molecule has 1 heterocycles. The number of methoxy groups -OCH3 is 1. The lowest BCUT2D eigenvalue weighted by molar-refractivity contribution is -0.0871. The first-order chi connectivity index (χ1) is 8.93. The zero-order valence-electron chi connectivity index (χ0n) is 9.90. The van der Waals surface area contributed by atoms with Crippen LogP contribution in [0.2, 0.25) is 0 Å². The summed E-state index contributed by atoms with van der Waals surface area (Å²) in [6, 6.07) is 9.86. The van der Waals surface area contributed by atoms with Gasteiger partial charge in [0.05, 0.1) is 7.11 Å². The van der Waals surface area contributed by atoms with E-state index in [0.29, 0.717) is 11.1 Å². The molecule has 0 aliphatic carbocycles. The van der Waals surface area contributed by atoms with Gasteiger partial charge < -0.3 is 4.74 Å². The average molecular weight is 287 g/mol. The van der Waals surface area contributed by atoms with Gasteiger partial charge in [-0.05, 0) is 5.56 Å². The number of benzene rings is 1. The Balaban J connectivity index is 2.55. The van der Waals surface area contributed by atoms with Gasteiger partial charge in [0, 0.05) is 11.6 Å². The lowest BCUT2D eigenvalue weighted by atomic mass is 10.1. The third-order valence-electron chi connectivity index (χ3n) is 2.51. The monoisotopic (exact) mass is 287 g/mol. The lowest BCUT2D eigenvalue weighted by Gasteiger charge is -1.96. The first-order valence-corrected chi connectivity index (χ1v) is 6.59. The zero-order chi connectivity index (χ0) is 14.0.